The first-order chi connectivity index (χ1) is 15.1. The second kappa shape index (κ2) is 15.0. The van der Waals surface area contributed by atoms with Crippen LogP contribution in [0, 0.1) is 13.8 Å². The highest BCUT2D eigenvalue weighted by Gasteiger charge is 2.29. The van der Waals surface area contributed by atoms with Crippen molar-refractivity contribution in [3.05, 3.63) is 83.2 Å². The van der Waals surface area contributed by atoms with E-state index in [1.807, 2.05) is 45.9 Å². The number of methoxy groups -OCH3 is 1. The first kappa shape index (κ1) is 29.1. The van der Waals surface area contributed by atoms with Crippen LogP contribution in [0.25, 0.3) is 5.57 Å². The molecule has 0 atom stereocenters. The van der Waals surface area contributed by atoms with E-state index in [0.717, 1.165) is 24.1 Å². The average Bonchev–Trinajstić information content (AvgIpc) is 2.75. The number of nitrogens with one attached hydrogen (secondary N) is 1. The molecule has 0 unspecified atom stereocenters. The number of allylic oxidation sites excluding steroid dienone is 3. The number of amides is 1. The van der Waals surface area contributed by atoms with E-state index in [0.29, 0.717) is 24.3 Å². The molecule has 1 aromatic carbocycles. The minimum atomic E-state index is -4.30. The van der Waals surface area contributed by atoms with Crippen LogP contribution in [0.5, 0.6) is 0 Å². The molecule has 0 fully saturated rings. The fraction of sp³-hybridized carbons (Fsp3) is 0.360. The van der Waals surface area contributed by atoms with E-state index in [1.54, 1.807) is 25.4 Å². The maximum Gasteiger partial charge on any atom is 0.412 e. The molecule has 1 heterocycles. The van der Waals surface area contributed by atoms with E-state index >= 15 is 0 Å². The molecular formula is C25H33F3N2O2. The Morgan fingerprint density at radius 2 is 1.88 bits per heavy atom. The quantitative estimate of drug-likeness (QED) is 0.414. The molecule has 0 saturated carbocycles. The van der Waals surface area contributed by atoms with Gasteiger partial charge < -0.3 is 10.1 Å². The zero-order chi connectivity index (χ0) is 24.7. The topological polar surface area (TPSA) is 51.2 Å². The highest BCUT2D eigenvalue weighted by atomic mass is 19.4. The number of nitrogens with zero attached hydrogens (tertiary/aromatic N) is 1. The Hall–Kier alpha value is -2.93. The van der Waals surface area contributed by atoms with Gasteiger partial charge in [-0.05, 0) is 55.7 Å². The van der Waals surface area contributed by atoms with Crippen molar-refractivity contribution in [1.29, 1.82) is 0 Å². The number of carbonyl (C=O) groups excluding carboxylic acids is 1. The summed E-state index contributed by atoms with van der Waals surface area (Å²) in [5.41, 5.74) is 3.12. The third-order valence-electron chi connectivity index (χ3n) is 4.09. The summed E-state index contributed by atoms with van der Waals surface area (Å²) in [5.74, 6) is -0.0375. The number of benzene rings is 1. The van der Waals surface area contributed by atoms with Gasteiger partial charge in [-0.3, -0.25) is 9.78 Å². The van der Waals surface area contributed by atoms with Gasteiger partial charge in [0.2, 0.25) is 0 Å². The molecule has 1 aromatic heterocycles. The minimum Gasteiger partial charge on any atom is -0.383 e. The van der Waals surface area contributed by atoms with Crippen LogP contribution in [0.15, 0.2) is 61.0 Å². The molecule has 4 nitrogen and oxygen atoms in total. The summed E-state index contributed by atoms with van der Waals surface area (Å²) >= 11 is 0. The van der Waals surface area contributed by atoms with Gasteiger partial charge in [-0.2, -0.15) is 13.2 Å². The van der Waals surface area contributed by atoms with Crippen molar-refractivity contribution in [2.24, 2.45) is 0 Å². The Morgan fingerprint density at radius 1 is 1.22 bits per heavy atom. The Labute approximate surface area is 189 Å². The Morgan fingerprint density at radius 3 is 2.38 bits per heavy atom. The molecule has 0 bridgehead atoms. The molecule has 0 saturated heterocycles. The number of pyridine rings is 1. The van der Waals surface area contributed by atoms with Crippen molar-refractivity contribution >= 4 is 11.5 Å². The van der Waals surface area contributed by atoms with Gasteiger partial charge in [-0.1, -0.05) is 44.2 Å². The maximum absolute atomic E-state index is 12.2. The Balaban J connectivity index is 0.000000557. The number of ether oxygens (including phenoxy) is 1. The van der Waals surface area contributed by atoms with Crippen LogP contribution in [0.2, 0.25) is 0 Å². The summed E-state index contributed by atoms with van der Waals surface area (Å²) in [5, 5.41) is 2.80. The first-order valence-electron chi connectivity index (χ1n) is 10.3. The van der Waals surface area contributed by atoms with Crippen LogP contribution in [-0.4, -0.2) is 37.3 Å². The third kappa shape index (κ3) is 10.9. The van der Waals surface area contributed by atoms with Gasteiger partial charge in [0.05, 0.1) is 6.61 Å². The van der Waals surface area contributed by atoms with Crippen LogP contribution >= 0.6 is 0 Å². The van der Waals surface area contributed by atoms with E-state index in [2.05, 4.69) is 16.9 Å². The van der Waals surface area contributed by atoms with Crippen LogP contribution in [0.1, 0.15) is 47.8 Å². The summed E-state index contributed by atoms with van der Waals surface area (Å²) in [6.45, 7) is 13.6. The van der Waals surface area contributed by atoms with Crippen molar-refractivity contribution < 1.29 is 22.7 Å². The molecular weight excluding hydrogens is 417 g/mol. The highest BCUT2D eigenvalue weighted by Crippen LogP contribution is 2.27. The number of alkyl halides is 3. The van der Waals surface area contributed by atoms with Crippen molar-refractivity contribution in [1.82, 2.24) is 10.3 Å². The van der Waals surface area contributed by atoms with Gasteiger partial charge in [0.25, 0.3) is 5.91 Å². The number of carbonyl (C=O) groups is 1. The number of aromatic nitrogens is 1. The predicted molar refractivity (Wildman–Crippen MR) is 125 cm³/mol. The van der Waals surface area contributed by atoms with Crippen LogP contribution in [-0.2, 0) is 4.74 Å². The second-order valence-electron chi connectivity index (χ2n) is 6.66. The van der Waals surface area contributed by atoms with E-state index in [9.17, 15) is 18.0 Å². The molecule has 0 spiro atoms. The largest absolute Gasteiger partial charge is 0.412 e. The smallest absolute Gasteiger partial charge is 0.383 e. The lowest BCUT2D eigenvalue weighted by atomic mass is 10.1. The van der Waals surface area contributed by atoms with E-state index in [4.69, 9.17) is 4.74 Å². The Bertz CT molecular complexity index is 877. The van der Waals surface area contributed by atoms with Crippen LogP contribution < -0.4 is 5.32 Å². The zero-order valence-corrected chi connectivity index (χ0v) is 19.6. The van der Waals surface area contributed by atoms with Gasteiger partial charge in [-0.15, -0.1) is 0 Å². The lowest BCUT2D eigenvalue weighted by molar-refractivity contribution is -0.0912. The molecule has 1 amide bonds. The molecule has 0 radical (unpaired) electrons. The lowest BCUT2D eigenvalue weighted by Gasteiger charge is -2.07. The number of rotatable bonds is 6. The highest BCUT2D eigenvalue weighted by molar-refractivity contribution is 5.95. The van der Waals surface area contributed by atoms with E-state index in [1.165, 1.54) is 11.8 Å². The molecule has 176 valence electrons. The SMILES string of the molecule is C=C(/C=C(\C)C(F)(F)F)c1cccnc1.CC.COCCNC(=O)c1ccc(C)cc1C. The first-order valence-corrected chi connectivity index (χ1v) is 10.3. The fourth-order valence-electron chi connectivity index (χ4n) is 2.41. The van der Waals surface area contributed by atoms with Crippen molar-refractivity contribution in [3.8, 4) is 0 Å². The number of hydrogen-bond donors (Lipinski definition) is 1. The summed E-state index contributed by atoms with van der Waals surface area (Å²) < 4.78 is 41.5. The minimum absolute atomic E-state index is 0.0375. The molecule has 2 aromatic rings. The van der Waals surface area contributed by atoms with Crippen molar-refractivity contribution in [2.45, 2.75) is 40.8 Å². The fourth-order valence-corrected chi connectivity index (χ4v) is 2.41. The lowest BCUT2D eigenvalue weighted by Crippen LogP contribution is -2.27. The molecule has 0 aliphatic rings. The molecule has 0 aliphatic carbocycles. The maximum atomic E-state index is 12.2. The van der Waals surface area contributed by atoms with E-state index < -0.39 is 11.7 Å². The van der Waals surface area contributed by atoms with Crippen LogP contribution in [0.3, 0.4) is 0 Å². The number of hydrogen-bond acceptors (Lipinski definition) is 3. The third-order valence-corrected chi connectivity index (χ3v) is 4.09. The van der Waals surface area contributed by atoms with Gasteiger partial charge in [0.15, 0.2) is 0 Å². The molecule has 0 aliphatic heterocycles. The normalized spacial score (nSPS) is 10.8. The van der Waals surface area contributed by atoms with Crippen LogP contribution in [0.4, 0.5) is 13.2 Å². The summed E-state index contributed by atoms with van der Waals surface area (Å²) in [7, 11) is 1.61. The van der Waals surface area contributed by atoms with Gasteiger partial charge >= 0.3 is 6.18 Å². The summed E-state index contributed by atoms with van der Waals surface area (Å²) in [6.07, 6.45) is -0.262. The number of halogens is 3. The molecule has 7 heteroatoms. The van der Waals surface area contributed by atoms with Crippen molar-refractivity contribution in [2.75, 3.05) is 20.3 Å². The zero-order valence-electron chi connectivity index (χ0n) is 19.6. The van der Waals surface area contributed by atoms with E-state index in [-0.39, 0.29) is 5.91 Å². The summed E-state index contributed by atoms with van der Waals surface area (Å²) in [6, 6.07) is 9.11. The Kier molecular flexibility index (Phi) is 13.6. The van der Waals surface area contributed by atoms with Crippen molar-refractivity contribution in [3.63, 3.8) is 0 Å². The van der Waals surface area contributed by atoms with Gasteiger partial charge in [-0.25, -0.2) is 0 Å². The molecule has 32 heavy (non-hydrogen) atoms. The van der Waals surface area contributed by atoms with Gasteiger partial charge in [0, 0.05) is 37.2 Å². The summed E-state index contributed by atoms with van der Waals surface area (Å²) in [4.78, 5) is 15.5. The standard InChI is InChI=1S/C12H17NO2.C11H10F3N.C2H6/c1-9-4-5-11(10(2)8-9)12(14)13-6-7-15-3;1-8(6-9(2)11(12,13)14)10-4-3-5-15-7-10;1-2/h4-5,8H,6-7H2,1-3H3,(H,13,14);3-7H,1H2,2H3;1-2H3/b;9-6+;. The molecule has 1 N–H and O–H groups in total. The second-order valence-corrected chi connectivity index (χ2v) is 6.66. The number of aryl methyl sites for hydroxylation is 2. The monoisotopic (exact) mass is 450 g/mol. The molecule has 2 rings (SSSR count). The van der Waals surface area contributed by atoms with Gasteiger partial charge in [0.1, 0.15) is 0 Å². The average molecular weight is 451 g/mol. The predicted octanol–water partition coefficient (Wildman–Crippen LogP) is 6.31.